The minimum atomic E-state index is -0.118. The Balaban J connectivity index is 1.33. The molecule has 1 N–H and O–H groups in total. The Morgan fingerprint density at radius 3 is 2.78 bits per heavy atom. The number of hydrogen-bond donors (Lipinski definition) is 1. The fourth-order valence-corrected chi connectivity index (χ4v) is 2.90. The molecule has 0 bridgehead atoms. The van der Waals surface area contributed by atoms with Crippen molar-refractivity contribution in [1.82, 2.24) is 20.0 Å². The highest BCUT2D eigenvalue weighted by atomic mass is 16.2. The van der Waals surface area contributed by atoms with Crippen LogP contribution in [0.3, 0.4) is 0 Å². The van der Waals surface area contributed by atoms with E-state index in [1.807, 2.05) is 18.3 Å². The lowest BCUT2D eigenvalue weighted by molar-refractivity contribution is -0.116. The van der Waals surface area contributed by atoms with E-state index in [-0.39, 0.29) is 12.5 Å². The topological polar surface area (TPSA) is 75.9 Å². The first kappa shape index (κ1) is 14.2. The fraction of sp³-hybridized carbons (Fsp3) is 0.500. The molecule has 4 rings (SSSR count). The maximum Gasteiger partial charge on any atom is 0.246 e. The van der Waals surface area contributed by atoms with E-state index in [1.165, 1.54) is 25.7 Å². The first-order valence-electron chi connectivity index (χ1n) is 8.19. The Hall–Kier alpha value is -2.44. The Bertz CT molecular complexity index is 685. The van der Waals surface area contributed by atoms with Gasteiger partial charge in [-0.1, -0.05) is 5.21 Å². The lowest BCUT2D eigenvalue weighted by atomic mass is 10.3. The van der Waals surface area contributed by atoms with E-state index >= 15 is 0 Å². The summed E-state index contributed by atoms with van der Waals surface area (Å²) in [5.74, 6) is 1.41. The van der Waals surface area contributed by atoms with E-state index in [2.05, 4.69) is 25.5 Å². The summed E-state index contributed by atoms with van der Waals surface area (Å²) in [5, 5.41) is 11.0. The second-order valence-electron chi connectivity index (χ2n) is 6.26. The maximum atomic E-state index is 12.1. The van der Waals surface area contributed by atoms with Crippen LogP contribution in [0.2, 0.25) is 0 Å². The van der Waals surface area contributed by atoms with Gasteiger partial charge in [0.25, 0.3) is 0 Å². The quantitative estimate of drug-likeness (QED) is 0.911. The summed E-state index contributed by atoms with van der Waals surface area (Å²) in [7, 11) is 0. The zero-order chi connectivity index (χ0) is 15.6. The highest BCUT2D eigenvalue weighted by Gasteiger charge is 2.26. The second-order valence-corrected chi connectivity index (χ2v) is 6.26. The Morgan fingerprint density at radius 2 is 2.09 bits per heavy atom. The van der Waals surface area contributed by atoms with Crippen LogP contribution < -0.4 is 10.2 Å². The summed E-state index contributed by atoms with van der Waals surface area (Å²) in [6.07, 6.45) is 8.39. The van der Waals surface area contributed by atoms with Crippen molar-refractivity contribution in [2.24, 2.45) is 0 Å². The van der Waals surface area contributed by atoms with E-state index in [4.69, 9.17) is 0 Å². The number of carbonyl (C=O) groups is 1. The molecule has 120 valence electrons. The van der Waals surface area contributed by atoms with Gasteiger partial charge in [0.05, 0.1) is 17.6 Å². The number of hydrogen-bond acceptors (Lipinski definition) is 5. The van der Waals surface area contributed by atoms with Crippen LogP contribution >= 0.6 is 0 Å². The number of rotatable bonds is 5. The average Bonchev–Trinajstić information content (AvgIpc) is 3.07. The number of pyridine rings is 1. The standard InChI is InChI=1S/C16H20N6O/c23-16(11-22-10-14(19-20-22)12-3-4-12)18-13-5-6-15(17-9-13)21-7-1-2-8-21/h5-6,9-10,12H,1-4,7-8,11H2,(H,18,23). The Kier molecular flexibility index (Phi) is 3.69. The number of anilines is 2. The molecule has 1 amide bonds. The fourth-order valence-electron chi connectivity index (χ4n) is 2.90. The van der Waals surface area contributed by atoms with Crippen LogP contribution in [0.5, 0.6) is 0 Å². The van der Waals surface area contributed by atoms with Crippen LogP contribution in [-0.2, 0) is 11.3 Å². The van der Waals surface area contributed by atoms with Gasteiger partial charge >= 0.3 is 0 Å². The van der Waals surface area contributed by atoms with Gasteiger partial charge in [-0.25, -0.2) is 9.67 Å². The van der Waals surface area contributed by atoms with Crippen LogP contribution in [0.4, 0.5) is 11.5 Å². The van der Waals surface area contributed by atoms with Crippen molar-refractivity contribution in [3.63, 3.8) is 0 Å². The molecule has 0 aromatic carbocycles. The molecule has 2 fully saturated rings. The summed E-state index contributed by atoms with van der Waals surface area (Å²) in [4.78, 5) is 18.8. The largest absolute Gasteiger partial charge is 0.357 e. The SMILES string of the molecule is O=C(Cn1cc(C2CC2)nn1)Nc1ccc(N2CCCC2)nc1. The minimum absolute atomic E-state index is 0.118. The van der Waals surface area contributed by atoms with Gasteiger partial charge in [-0.05, 0) is 37.8 Å². The Labute approximate surface area is 134 Å². The van der Waals surface area contributed by atoms with Crippen molar-refractivity contribution < 1.29 is 4.79 Å². The van der Waals surface area contributed by atoms with E-state index in [0.29, 0.717) is 11.6 Å². The lowest BCUT2D eigenvalue weighted by Gasteiger charge is -2.16. The van der Waals surface area contributed by atoms with Gasteiger partial charge in [-0.15, -0.1) is 5.10 Å². The molecule has 1 saturated carbocycles. The van der Waals surface area contributed by atoms with Gasteiger partial charge in [0, 0.05) is 25.2 Å². The molecule has 0 radical (unpaired) electrons. The molecule has 0 atom stereocenters. The third kappa shape index (κ3) is 3.33. The van der Waals surface area contributed by atoms with Gasteiger partial charge in [0.15, 0.2) is 0 Å². The molecule has 7 nitrogen and oxygen atoms in total. The van der Waals surface area contributed by atoms with Gasteiger partial charge in [0.2, 0.25) is 5.91 Å². The normalized spacial score (nSPS) is 17.5. The molecule has 2 aromatic heterocycles. The molecule has 2 aliphatic rings. The van der Waals surface area contributed by atoms with Crippen molar-refractivity contribution in [2.45, 2.75) is 38.1 Å². The van der Waals surface area contributed by atoms with Gasteiger partial charge in [-0.3, -0.25) is 4.79 Å². The van der Waals surface area contributed by atoms with Crippen LogP contribution in [-0.4, -0.2) is 39.0 Å². The zero-order valence-electron chi connectivity index (χ0n) is 13.0. The van der Waals surface area contributed by atoms with E-state index < -0.39 is 0 Å². The summed E-state index contributed by atoms with van der Waals surface area (Å²) in [5.41, 5.74) is 1.70. The molecule has 0 spiro atoms. The van der Waals surface area contributed by atoms with Crippen molar-refractivity contribution in [2.75, 3.05) is 23.3 Å². The number of carbonyl (C=O) groups excluding carboxylic acids is 1. The number of aromatic nitrogens is 4. The summed E-state index contributed by atoms with van der Waals surface area (Å²) in [6, 6.07) is 3.86. The molecule has 3 heterocycles. The number of nitrogens with one attached hydrogen (secondary N) is 1. The lowest BCUT2D eigenvalue weighted by Crippen LogP contribution is -2.20. The zero-order valence-corrected chi connectivity index (χ0v) is 13.0. The van der Waals surface area contributed by atoms with E-state index in [0.717, 1.165) is 24.6 Å². The summed E-state index contributed by atoms with van der Waals surface area (Å²) < 4.78 is 1.59. The number of nitrogens with zero attached hydrogens (tertiary/aromatic N) is 5. The molecule has 1 aliphatic heterocycles. The van der Waals surface area contributed by atoms with Gasteiger partial charge < -0.3 is 10.2 Å². The maximum absolute atomic E-state index is 12.1. The van der Waals surface area contributed by atoms with Crippen molar-refractivity contribution in [3.05, 3.63) is 30.2 Å². The van der Waals surface area contributed by atoms with Crippen LogP contribution in [0.25, 0.3) is 0 Å². The molecule has 23 heavy (non-hydrogen) atoms. The molecule has 1 aliphatic carbocycles. The third-order valence-corrected chi connectivity index (χ3v) is 4.32. The summed E-state index contributed by atoms with van der Waals surface area (Å²) in [6.45, 7) is 2.30. The van der Waals surface area contributed by atoms with Crippen LogP contribution in [0, 0.1) is 0 Å². The highest BCUT2D eigenvalue weighted by molar-refractivity contribution is 5.90. The van der Waals surface area contributed by atoms with Crippen molar-refractivity contribution in [3.8, 4) is 0 Å². The monoisotopic (exact) mass is 312 g/mol. The van der Waals surface area contributed by atoms with E-state index in [9.17, 15) is 4.79 Å². The molecule has 0 unspecified atom stereocenters. The summed E-state index contributed by atoms with van der Waals surface area (Å²) >= 11 is 0. The average molecular weight is 312 g/mol. The number of amides is 1. The minimum Gasteiger partial charge on any atom is -0.357 e. The second kappa shape index (κ2) is 5.98. The molecule has 2 aromatic rings. The predicted octanol–water partition coefficient (Wildman–Crippen LogP) is 1.79. The molecule has 7 heteroatoms. The van der Waals surface area contributed by atoms with Crippen molar-refractivity contribution in [1.29, 1.82) is 0 Å². The van der Waals surface area contributed by atoms with Gasteiger partial charge in [0.1, 0.15) is 12.4 Å². The predicted molar refractivity (Wildman–Crippen MR) is 86.3 cm³/mol. The highest BCUT2D eigenvalue weighted by Crippen LogP contribution is 2.38. The first-order chi connectivity index (χ1) is 11.3. The van der Waals surface area contributed by atoms with Crippen molar-refractivity contribution >= 4 is 17.4 Å². The third-order valence-electron chi connectivity index (χ3n) is 4.32. The van der Waals surface area contributed by atoms with E-state index in [1.54, 1.807) is 10.9 Å². The smallest absolute Gasteiger partial charge is 0.246 e. The molecule has 1 saturated heterocycles. The molecular weight excluding hydrogens is 292 g/mol. The van der Waals surface area contributed by atoms with Gasteiger partial charge in [-0.2, -0.15) is 0 Å². The van der Waals surface area contributed by atoms with Crippen LogP contribution in [0.1, 0.15) is 37.3 Å². The Morgan fingerprint density at radius 1 is 1.26 bits per heavy atom. The van der Waals surface area contributed by atoms with Crippen LogP contribution in [0.15, 0.2) is 24.5 Å². The first-order valence-corrected chi connectivity index (χ1v) is 8.19. The molecular formula is C16H20N6O.